The summed E-state index contributed by atoms with van der Waals surface area (Å²) >= 11 is 0. The van der Waals surface area contributed by atoms with Gasteiger partial charge in [0, 0.05) is 30.4 Å². The molecule has 0 aliphatic carbocycles. The molecule has 1 N–H and O–H groups in total. The topological polar surface area (TPSA) is 132 Å². The highest BCUT2D eigenvalue weighted by Gasteiger charge is 2.29. The number of nitrogens with one attached hydrogen (secondary N) is 1. The third-order valence-corrected chi connectivity index (χ3v) is 5.61. The summed E-state index contributed by atoms with van der Waals surface area (Å²) in [4.78, 5) is 25.6. The fraction of sp³-hybridized carbons (Fsp3) is 0.250. The summed E-state index contributed by atoms with van der Waals surface area (Å²) < 4.78 is 31.0. The second-order valence-corrected chi connectivity index (χ2v) is 9.27. The largest absolute Gasteiger partial charge is 0.339 e. The van der Waals surface area contributed by atoms with Crippen molar-refractivity contribution in [2.45, 2.75) is 25.0 Å². The molecule has 0 aliphatic rings. The van der Waals surface area contributed by atoms with Gasteiger partial charge < -0.3 is 9.84 Å². The lowest BCUT2D eigenvalue weighted by Crippen LogP contribution is -2.32. The van der Waals surface area contributed by atoms with E-state index < -0.39 is 21.8 Å². The predicted molar refractivity (Wildman–Crippen MR) is 111 cm³/mol. The van der Waals surface area contributed by atoms with Gasteiger partial charge in [0.15, 0.2) is 5.69 Å². The highest BCUT2D eigenvalue weighted by Crippen LogP contribution is 2.25. The third kappa shape index (κ3) is 4.04. The summed E-state index contributed by atoms with van der Waals surface area (Å²) in [5.41, 5.74) is 1.11. The molecule has 10 nitrogen and oxygen atoms in total. The smallest absolute Gasteiger partial charge is 0.272 e. The predicted octanol–water partition coefficient (Wildman–Crippen LogP) is 2.31. The van der Waals surface area contributed by atoms with E-state index in [0.717, 1.165) is 11.8 Å². The Morgan fingerprint density at radius 2 is 1.87 bits per heavy atom. The first-order valence-corrected chi connectivity index (χ1v) is 11.4. The maximum atomic E-state index is 13.1. The summed E-state index contributed by atoms with van der Waals surface area (Å²) in [5.74, 6) is -0.00924. The molecule has 0 aromatic carbocycles. The summed E-state index contributed by atoms with van der Waals surface area (Å²) in [6.45, 7) is 3.79. The average molecular weight is 440 g/mol. The molecule has 1 amide bonds. The number of aromatic nitrogens is 5. The van der Waals surface area contributed by atoms with Crippen LogP contribution in [0.1, 0.15) is 36.3 Å². The molecule has 0 radical (unpaired) electrons. The van der Waals surface area contributed by atoms with Gasteiger partial charge in [-0.15, -0.1) is 0 Å². The van der Waals surface area contributed by atoms with Gasteiger partial charge in [-0.2, -0.15) is 4.98 Å². The molecule has 0 saturated carbocycles. The van der Waals surface area contributed by atoms with Crippen molar-refractivity contribution in [2.24, 2.45) is 5.92 Å². The van der Waals surface area contributed by atoms with E-state index in [1.54, 1.807) is 48.9 Å². The Kier molecular flexibility index (Phi) is 5.27. The zero-order chi connectivity index (χ0) is 22.2. The number of amides is 1. The molecule has 4 aromatic rings. The number of pyridine rings is 2. The SMILES string of the molecule is CC(C)C(NC(=O)c1nc(S(C)(=O)=O)n2ccccc12)c1nc(-c2ccncc2)no1. The van der Waals surface area contributed by atoms with Crippen LogP contribution in [0.5, 0.6) is 0 Å². The Morgan fingerprint density at radius 1 is 1.13 bits per heavy atom. The van der Waals surface area contributed by atoms with Crippen LogP contribution < -0.4 is 5.32 Å². The first-order valence-electron chi connectivity index (χ1n) is 9.47. The lowest BCUT2D eigenvalue weighted by Gasteiger charge is -2.17. The van der Waals surface area contributed by atoms with E-state index >= 15 is 0 Å². The Bertz CT molecular complexity index is 1340. The number of rotatable bonds is 6. The molecule has 1 atom stereocenters. The van der Waals surface area contributed by atoms with E-state index in [4.69, 9.17) is 4.52 Å². The molecule has 0 saturated heterocycles. The minimum absolute atomic E-state index is 0.000507. The van der Waals surface area contributed by atoms with Crippen molar-refractivity contribution < 1.29 is 17.7 Å². The normalized spacial score (nSPS) is 12.9. The molecule has 0 fully saturated rings. The van der Waals surface area contributed by atoms with Crippen molar-refractivity contribution in [1.29, 1.82) is 0 Å². The van der Waals surface area contributed by atoms with Crippen molar-refractivity contribution in [3.05, 3.63) is 60.5 Å². The molecule has 4 aromatic heterocycles. The third-order valence-electron chi connectivity index (χ3n) is 4.66. The zero-order valence-corrected chi connectivity index (χ0v) is 17.9. The van der Waals surface area contributed by atoms with Crippen LogP contribution in [0.3, 0.4) is 0 Å². The van der Waals surface area contributed by atoms with Crippen LogP contribution in [0.15, 0.2) is 58.6 Å². The van der Waals surface area contributed by atoms with Gasteiger partial charge in [0.2, 0.25) is 26.7 Å². The molecule has 160 valence electrons. The lowest BCUT2D eigenvalue weighted by molar-refractivity contribution is 0.0910. The summed E-state index contributed by atoms with van der Waals surface area (Å²) in [6, 6.07) is 7.91. The first-order chi connectivity index (χ1) is 14.8. The quantitative estimate of drug-likeness (QED) is 0.483. The van der Waals surface area contributed by atoms with Crippen LogP contribution >= 0.6 is 0 Å². The Balaban J connectivity index is 1.68. The summed E-state index contributed by atoms with van der Waals surface area (Å²) in [7, 11) is -3.64. The minimum atomic E-state index is -3.64. The van der Waals surface area contributed by atoms with Crippen molar-refractivity contribution in [3.8, 4) is 11.4 Å². The van der Waals surface area contributed by atoms with Gasteiger partial charge in [-0.1, -0.05) is 25.1 Å². The molecule has 0 bridgehead atoms. The number of hydrogen-bond donors (Lipinski definition) is 1. The second kappa shape index (κ2) is 7.91. The second-order valence-electron chi connectivity index (χ2n) is 7.36. The van der Waals surface area contributed by atoms with E-state index in [2.05, 4.69) is 25.4 Å². The average Bonchev–Trinajstić information content (AvgIpc) is 3.37. The van der Waals surface area contributed by atoms with E-state index in [9.17, 15) is 13.2 Å². The van der Waals surface area contributed by atoms with Crippen LogP contribution in [0.4, 0.5) is 0 Å². The van der Waals surface area contributed by atoms with Crippen molar-refractivity contribution >= 4 is 21.3 Å². The number of hydrogen-bond acceptors (Lipinski definition) is 8. The molecule has 1 unspecified atom stereocenters. The molecular formula is C20H20N6O4S. The van der Waals surface area contributed by atoms with E-state index in [1.807, 2.05) is 13.8 Å². The number of imidazole rings is 1. The van der Waals surface area contributed by atoms with E-state index in [0.29, 0.717) is 11.3 Å². The highest BCUT2D eigenvalue weighted by molar-refractivity contribution is 7.90. The standard InChI is InChI=1S/C20H20N6O4S/c1-12(2)15(19-24-17(25-30-19)13-7-9-21-10-8-13)22-18(27)16-14-6-4-5-11-26(14)20(23-16)31(3,28)29/h4-12,15H,1-3H3,(H,22,27). The van der Waals surface area contributed by atoms with Crippen molar-refractivity contribution in [3.63, 3.8) is 0 Å². The fourth-order valence-corrected chi connectivity index (χ4v) is 3.91. The fourth-order valence-electron chi connectivity index (χ4n) is 3.14. The maximum absolute atomic E-state index is 13.1. The maximum Gasteiger partial charge on any atom is 0.272 e. The van der Waals surface area contributed by atoms with Crippen molar-refractivity contribution in [2.75, 3.05) is 6.26 Å². The van der Waals surface area contributed by atoms with Gasteiger partial charge in [0.25, 0.3) is 5.91 Å². The summed E-state index contributed by atoms with van der Waals surface area (Å²) in [6.07, 6.45) is 5.84. The highest BCUT2D eigenvalue weighted by atomic mass is 32.2. The zero-order valence-electron chi connectivity index (χ0n) is 17.1. The van der Waals surface area contributed by atoms with E-state index in [-0.39, 0.29) is 22.7 Å². The number of fused-ring (bicyclic) bond motifs is 1. The van der Waals surface area contributed by atoms with Gasteiger partial charge in [-0.3, -0.25) is 14.2 Å². The van der Waals surface area contributed by atoms with Gasteiger partial charge in [-0.05, 0) is 30.2 Å². The molecule has 11 heteroatoms. The molecule has 0 spiro atoms. The number of carbonyl (C=O) groups excluding carboxylic acids is 1. The van der Waals surface area contributed by atoms with Crippen LogP contribution in [0.25, 0.3) is 16.9 Å². The Labute approximate surface area is 178 Å². The number of sulfone groups is 1. The molecule has 4 heterocycles. The Morgan fingerprint density at radius 3 is 2.55 bits per heavy atom. The molecule has 0 aliphatic heterocycles. The van der Waals surface area contributed by atoms with Crippen LogP contribution in [0.2, 0.25) is 0 Å². The van der Waals surface area contributed by atoms with Gasteiger partial charge >= 0.3 is 0 Å². The van der Waals surface area contributed by atoms with Gasteiger partial charge in [0.05, 0.1) is 5.52 Å². The van der Waals surface area contributed by atoms with Crippen molar-refractivity contribution in [1.82, 2.24) is 29.8 Å². The molecular weight excluding hydrogens is 420 g/mol. The first kappa shape index (κ1) is 20.7. The summed E-state index contributed by atoms with van der Waals surface area (Å²) in [5, 5.41) is 6.64. The van der Waals surface area contributed by atoms with Gasteiger partial charge in [-0.25, -0.2) is 13.4 Å². The minimum Gasteiger partial charge on any atom is -0.339 e. The van der Waals surface area contributed by atoms with Gasteiger partial charge in [0.1, 0.15) is 6.04 Å². The number of nitrogens with zero attached hydrogens (tertiary/aromatic N) is 5. The van der Waals surface area contributed by atoms with Crippen LogP contribution in [-0.4, -0.2) is 45.1 Å². The van der Waals surface area contributed by atoms with Crippen LogP contribution in [0, 0.1) is 5.92 Å². The monoisotopic (exact) mass is 440 g/mol. The molecule has 4 rings (SSSR count). The molecule has 31 heavy (non-hydrogen) atoms. The van der Waals surface area contributed by atoms with E-state index in [1.165, 1.54) is 4.40 Å². The Hall–Kier alpha value is -3.60. The lowest BCUT2D eigenvalue weighted by atomic mass is 10.0. The van der Waals surface area contributed by atoms with Crippen LogP contribution in [-0.2, 0) is 9.84 Å². The number of carbonyl (C=O) groups is 1.